The molecule has 1 aromatic carbocycles. The Hall–Kier alpha value is -1.17. The summed E-state index contributed by atoms with van der Waals surface area (Å²) >= 11 is 3.50. The Balaban J connectivity index is 1.85. The van der Waals surface area contributed by atoms with Crippen molar-refractivity contribution in [3.63, 3.8) is 0 Å². The lowest BCUT2D eigenvalue weighted by molar-refractivity contribution is 0.199. The number of nitrogens with zero attached hydrogens (tertiary/aromatic N) is 1. The van der Waals surface area contributed by atoms with Gasteiger partial charge in [-0.3, -0.25) is 0 Å². The monoisotopic (exact) mass is 352 g/mol. The lowest BCUT2D eigenvalue weighted by Crippen LogP contribution is -2.20. The van der Waals surface area contributed by atoms with E-state index >= 15 is 0 Å². The van der Waals surface area contributed by atoms with E-state index in [1.165, 1.54) is 5.56 Å². The highest BCUT2D eigenvalue weighted by Gasteiger charge is 2.07. The summed E-state index contributed by atoms with van der Waals surface area (Å²) in [5.41, 5.74) is 2.25. The van der Waals surface area contributed by atoms with Gasteiger partial charge in [0.1, 0.15) is 0 Å². The summed E-state index contributed by atoms with van der Waals surface area (Å²) < 4.78 is 11.9. The lowest BCUT2D eigenvalue weighted by atomic mass is 10.1. The molecule has 114 valence electrons. The molecule has 0 saturated heterocycles. The van der Waals surface area contributed by atoms with Crippen molar-refractivity contribution in [1.29, 1.82) is 0 Å². The maximum atomic E-state index is 5.81. The molecule has 21 heavy (non-hydrogen) atoms. The van der Waals surface area contributed by atoms with Gasteiger partial charge in [-0.1, -0.05) is 22.0 Å². The highest BCUT2D eigenvalue weighted by atomic mass is 79.9. The second kappa shape index (κ2) is 8.32. The van der Waals surface area contributed by atoms with Crippen LogP contribution < -0.4 is 5.32 Å². The van der Waals surface area contributed by atoms with Gasteiger partial charge in [0, 0.05) is 30.1 Å². The Morgan fingerprint density at radius 1 is 1.33 bits per heavy atom. The van der Waals surface area contributed by atoms with Crippen LogP contribution in [0.4, 0.5) is 0 Å². The fourth-order valence-corrected chi connectivity index (χ4v) is 2.27. The second-order valence-corrected chi connectivity index (χ2v) is 5.78. The number of rotatable bonds is 8. The van der Waals surface area contributed by atoms with E-state index in [0.29, 0.717) is 0 Å². The largest absolute Gasteiger partial charge is 0.441 e. The van der Waals surface area contributed by atoms with Gasteiger partial charge in [0.05, 0.1) is 12.8 Å². The van der Waals surface area contributed by atoms with E-state index in [4.69, 9.17) is 9.15 Å². The van der Waals surface area contributed by atoms with Crippen LogP contribution >= 0.6 is 15.9 Å². The highest BCUT2D eigenvalue weighted by Crippen LogP contribution is 2.25. The fourth-order valence-electron chi connectivity index (χ4n) is 2.02. The minimum absolute atomic E-state index is 0.742. The number of hydrogen-bond acceptors (Lipinski definition) is 4. The SMILES string of the molecule is COCCNCCCc1ncc(-c2ccc(Br)c(C)c2)o1. The van der Waals surface area contributed by atoms with Gasteiger partial charge in [-0.05, 0) is 37.6 Å². The van der Waals surface area contributed by atoms with Crippen LogP contribution in [0.15, 0.2) is 33.3 Å². The summed E-state index contributed by atoms with van der Waals surface area (Å²) in [6, 6.07) is 6.17. The van der Waals surface area contributed by atoms with E-state index in [1.807, 2.05) is 12.1 Å². The minimum Gasteiger partial charge on any atom is -0.441 e. The number of hydrogen-bond donors (Lipinski definition) is 1. The number of halogens is 1. The van der Waals surface area contributed by atoms with Crippen molar-refractivity contribution >= 4 is 15.9 Å². The van der Waals surface area contributed by atoms with Gasteiger partial charge in [-0.15, -0.1) is 0 Å². The predicted molar refractivity (Wildman–Crippen MR) is 87.4 cm³/mol. The van der Waals surface area contributed by atoms with E-state index in [9.17, 15) is 0 Å². The second-order valence-electron chi connectivity index (χ2n) is 4.93. The van der Waals surface area contributed by atoms with E-state index in [0.717, 1.165) is 54.2 Å². The van der Waals surface area contributed by atoms with E-state index < -0.39 is 0 Å². The molecule has 0 atom stereocenters. The van der Waals surface area contributed by atoms with Gasteiger partial charge in [0.2, 0.25) is 0 Å². The maximum Gasteiger partial charge on any atom is 0.194 e. The first-order valence-electron chi connectivity index (χ1n) is 7.11. The zero-order valence-corrected chi connectivity index (χ0v) is 14.1. The number of nitrogens with one attached hydrogen (secondary N) is 1. The third-order valence-electron chi connectivity index (χ3n) is 3.22. The van der Waals surface area contributed by atoms with Gasteiger partial charge in [0.15, 0.2) is 11.7 Å². The molecule has 0 saturated carbocycles. The normalized spacial score (nSPS) is 11.0. The molecule has 0 fully saturated rings. The van der Waals surface area contributed by atoms with Crippen LogP contribution in [0.25, 0.3) is 11.3 Å². The molecule has 5 heteroatoms. The zero-order valence-electron chi connectivity index (χ0n) is 12.5. The molecular weight excluding hydrogens is 332 g/mol. The Morgan fingerprint density at radius 2 is 2.19 bits per heavy atom. The first-order chi connectivity index (χ1) is 10.2. The third-order valence-corrected chi connectivity index (χ3v) is 4.11. The minimum atomic E-state index is 0.742. The zero-order chi connectivity index (χ0) is 15.1. The van der Waals surface area contributed by atoms with E-state index in [-0.39, 0.29) is 0 Å². The molecule has 4 nitrogen and oxygen atoms in total. The molecule has 0 unspecified atom stereocenters. The van der Waals surface area contributed by atoms with Crippen LogP contribution in [0, 0.1) is 6.92 Å². The average molecular weight is 353 g/mol. The summed E-state index contributed by atoms with van der Waals surface area (Å²) in [7, 11) is 1.71. The summed E-state index contributed by atoms with van der Waals surface area (Å²) in [6.45, 7) is 4.63. The number of ether oxygens (including phenoxy) is 1. The van der Waals surface area contributed by atoms with Crippen molar-refractivity contribution in [2.24, 2.45) is 0 Å². The Kier molecular flexibility index (Phi) is 6.42. The van der Waals surface area contributed by atoms with E-state index in [2.05, 4.69) is 39.2 Å². The van der Waals surface area contributed by atoms with Crippen LogP contribution in [-0.2, 0) is 11.2 Å². The molecule has 0 aliphatic rings. The Morgan fingerprint density at radius 3 is 2.95 bits per heavy atom. The van der Waals surface area contributed by atoms with Gasteiger partial charge in [-0.25, -0.2) is 4.98 Å². The molecule has 0 amide bonds. The van der Waals surface area contributed by atoms with Gasteiger partial charge < -0.3 is 14.5 Å². The average Bonchev–Trinajstić information content (AvgIpc) is 2.94. The van der Waals surface area contributed by atoms with Gasteiger partial charge in [0.25, 0.3) is 0 Å². The summed E-state index contributed by atoms with van der Waals surface area (Å²) in [5.74, 6) is 1.62. The van der Waals surface area contributed by atoms with Crippen LogP contribution in [0.2, 0.25) is 0 Å². The van der Waals surface area contributed by atoms with Crippen molar-refractivity contribution < 1.29 is 9.15 Å². The molecule has 0 radical (unpaired) electrons. The van der Waals surface area contributed by atoms with Crippen molar-refractivity contribution in [2.45, 2.75) is 19.8 Å². The first kappa shape index (κ1) is 16.2. The Bertz CT molecular complexity index is 569. The smallest absolute Gasteiger partial charge is 0.194 e. The highest BCUT2D eigenvalue weighted by molar-refractivity contribution is 9.10. The van der Waals surface area contributed by atoms with Crippen LogP contribution in [0.1, 0.15) is 17.9 Å². The van der Waals surface area contributed by atoms with Crippen LogP contribution in [0.3, 0.4) is 0 Å². The molecule has 0 spiro atoms. The molecule has 2 rings (SSSR count). The van der Waals surface area contributed by atoms with Crippen molar-refractivity contribution in [3.05, 3.63) is 40.3 Å². The summed E-state index contributed by atoms with van der Waals surface area (Å²) in [4.78, 5) is 4.35. The third kappa shape index (κ3) is 4.95. The first-order valence-corrected chi connectivity index (χ1v) is 7.91. The molecule has 2 aromatic rings. The molecule has 0 aliphatic carbocycles. The lowest BCUT2D eigenvalue weighted by Gasteiger charge is -2.02. The number of aromatic nitrogens is 1. The molecular formula is C16H21BrN2O2. The maximum absolute atomic E-state index is 5.81. The Labute approximate surface area is 134 Å². The van der Waals surface area contributed by atoms with Crippen molar-refractivity contribution in [2.75, 3.05) is 26.8 Å². The number of aryl methyl sites for hydroxylation is 2. The number of benzene rings is 1. The summed E-state index contributed by atoms with van der Waals surface area (Å²) in [6.07, 6.45) is 3.65. The summed E-state index contributed by atoms with van der Waals surface area (Å²) in [5, 5.41) is 3.31. The molecule has 0 bridgehead atoms. The molecule has 0 aliphatic heterocycles. The number of oxazole rings is 1. The number of methoxy groups -OCH3 is 1. The van der Waals surface area contributed by atoms with Crippen molar-refractivity contribution in [3.8, 4) is 11.3 Å². The quantitative estimate of drug-likeness (QED) is 0.737. The van der Waals surface area contributed by atoms with Gasteiger partial charge in [-0.2, -0.15) is 0 Å². The fraction of sp³-hybridized carbons (Fsp3) is 0.438. The molecule has 1 N–H and O–H groups in total. The van der Waals surface area contributed by atoms with Crippen LogP contribution in [0.5, 0.6) is 0 Å². The predicted octanol–water partition coefficient (Wildman–Crippen LogP) is 3.58. The molecule has 1 heterocycles. The van der Waals surface area contributed by atoms with Crippen molar-refractivity contribution in [1.82, 2.24) is 10.3 Å². The topological polar surface area (TPSA) is 47.3 Å². The standard InChI is InChI=1S/C16H21BrN2O2/c1-12-10-13(5-6-14(12)17)15-11-19-16(21-15)4-3-7-18-8-9-20-2/h5-6,10-11,18H,3-4,7-9H2,1-2H3. The molecule has 1 aromatic heterocycles. The van der Waals surface area contributed by atoms with E-state index in [1.54, 1.807) is 13.3 Å². The van der Waals surface area contributed by atoms with Gasteiger partial charge >= 0.3 is 0 Å². The van der Waals surface area contributed by atoms with Crippen LogP contribution in [-0.4, -0.2) is 31.8 Å².